The van der Waals surface area contributed by atoms with Gasteiger partial charge in [-0.1, -0.05) is 49.9 Å². The van der Waals surface area contributed by atoms with E-state index in [4.69, 9.17) is 0 Å². The summed E-state index contributed by atoms with van der Waals surface area (Å²) < 4.78 is 0. The van der Waals surface area contributed by atoms with Crippen molar-refractivity contribution in [1.29, 1.82) is 0 Å². The Bertz CT molecular complexity index is 576. The average Bonchev–Trinajstić information content (AvgIpc) is 2.82. The molecule has 0 radical (unpaired) electrons. The Labute approximate surface area is 138 Å². The van der Waals surface area contributed by atoms with Gasteiger partial charge in [-0.05, 0) is 30.4 Å². The van der Waals surface area contributed by atoms with Crippen LogP contribution >= 0.6 is 0 Å². The Kier molecular flexibility index (Phi) is 4.99. The molecule has 1 aliphatic carbocycles. The molecule has 23 heavy (non-hydrogen) atoms. The van der Waals surface area contributed by atoms with Crippen molar-refractivity contribution in [3.05, 3.63) is 35.4 Å². The Balaban J connectivity index is 1.81. The number of hydrogen-bond donors (Lipinski definition) is 1. The van der Waals surface area contributed by atoms with Crippen LogP contribution in [0.25, 0.3) is 0 Å². The van der Waals surface area contributed by atoms with Crippen molar-refractivity contribution in [2.24, 2.45) is 0 Å². The van der Waals surface area contributed by atoms with E-state index < -0.39 is 6.04 Å². The van der Waals surface area contributed by atoms with Gasteiger partial charge in [0, 0.05) is 19.5 Å². The summed E-state index contributed by atoms with van der Waals surface area (Å²) in [5.74, 6) is -0.0419. The van der Waals surface area contributed by atoms with Gasteiger partial charge in [0.1, 0.15) is 6.04 Å². The molecule has 4 nitrogen and oxygen atoms in total. The van der Waals surface area contributed by atoms with E-state index in [0.717, 1.165) is 24.8 Å². The second kappa shape index (κ2) is 7.16. The maximum atomic E-state index is 13.0. The number of carbonyl (C=O) groups excluding carboxylic acids is 2. The van der Waals surface area contributed by atoms with Crippen molar-refractivity contribution >= 4 is 11.8 Å². The Hall–Kier alpha value is -1.84. The lowest BCUT2D eigenvalue weighted by Gasteiger charge is -2.36. The van der Waals surface area contributed by atoms with E-state index in [0.29, 0.717) is 6.54 Å². The van der Waals surface area contributed by atoms with Crippen LogP contribution in [0.1, 0.15) is 62.6 Å². The van der Waals surface area contributed by atoms with Crippen LogP contribution in [0.3, 0.4) is 0 Å². The predicted octanol–water partition coefficient (Wildman–Crippen LogP) is 2.97. The molecule has 124 valence electrons. The minimum absolute atomic E-state index is 0.0146. The molecule has 0 spiro atoms. The van der Waals surface area contributed by atoms with E-state index in [1.54, 1.807) is 11.8 Å². The number of rotatable bonds is 2. The van der Waals surface area contributed by atoms with Gasteiger partial charge >= 0.3 is 0 Å². The van der Waals surface area contributed by atoms with Gasteiger partial charge in [-0.25, -0.2) is 0 Å². The van der Waals surface area contributed by atoms with E-state index in [-0.39, 0.29) is 17.9 Å². The Morgan fingerprint density at radius 2 is 1.78 bits per heavy atom. The van der Waals surface area contributed by atoms with E-state index in [9.17, 15) is 9.59 Å². The first-order valence-corrected chi connectivity index (χ1v) is 8.82. The number of nitrogens with zero attached hydrogens (tertiary/aromatic N) is 1. The van der Waals surface area contributed by atoms with Crippen LogP contribution in [-0.4, -0.2) is 29.3 Å². The molecule has 1 heterocycles. The van der Waals surface area contributed by atoms with Crippen molar-refractivity contribution in [3.63, 3.8) is 0 Å². The minimum Gasteiger partial charge on any atom is -0.351 e. The summed E-state index contributed by atoms with van der Waals surface area (Å²) >= 11 is 0. The molecule has 0 bridgehead atoms. The largest absolute Gasteiger partial charge is 0.351 e. The maximum Gasteiger partial charge on any atom is 0.247 e. The molecule has 2 amide bonds. The number of carbonyl (C=O) groups is 2. The molecule has 0 saturated heterocycles. The topological polar surface area (TPSA) is 49.4 Å². The lowest BCUT2D eigenvalue weighted by molar-refractivity contribution is -0.140. The van der Waals surface area contributed by atoms with Gasteiger partial charge in [-0.2, -0.15) is 0 Å². The minimum atomic E-state index is -0.472. The van der Waals surface area contributed by atoms with Crippen molar-refractivity contribution in [2.75, 3.05) is 6.54 Å². The second-order valence-electron chi connectivity index (χ2n) is 6.76. The van der Waals surface area contributed by atoms with Crippen LogP contribution in [0.5, 0.6) is 0 Å². The summed E-state index contributed by atoms with van der Waals surface area (Å²) in [5.41, 5.74) is 2.17. The zero-order chi connectivity index (χ0) is 16.2. The molecule has 1 atom stereocenters. The third-order valence-corrected chi connectivity index (χ3v) is 5.14. The molecule has 3 rings (SSSR count). The van der Waals surface area contributed by atoms with E-state index in [2.05, 4.69) is 11.4 Å². The molecule has 1 fully saturated rings. The van der Waals surface area contributed by atoms with E-state index in [1.165, 1.54) is 31.2 Å². The summed E-state index contributed by atoms with van der Waals surface area (Å²) in [6.07, 6.45) is 7.82. The number of nitrogens with one attached hydrogen (secondary N) is 1. The molecule has 1 aromatic rings. The number of benzene rings is 1. The molecule has 1 N–H and O–H groups in total. The Morgan fingerprint density at radius 1 is 1.09 bits per heavy atom. The molecule has 1 aromatic carbocycles. The SMILES string of the molecule is CC(=O)N1CCc2ccccc2[C@H]1C(=O)NC1CCCCCC1. The number of hydrogen-bond acceptors (Lipinski definition) is 2. The van der Waals surface area contributed by atoms with E-state index >= 15 is 0 Å². The summed E-state index contributed by atoms with van der Waals surface area (Å²) in [6.45, 7) is 2.18. The van der Waals surface area contributed by atoms with Gasteiger partial charge < -0.3 is 10.2 Å². The van der Waals surface area contributed by atoms with Crippen LogP contribution in [0.2, 0.25) is 0 Å². The summed E-state index contributed by atoms with van der Waals surface area (Å²) in [4.78, 5) is 26.7. The molecule has 1 aliphatic heterocycles. The van der Waals surface area contributed by atoms with Crippen LogP contribution in [0.15, 0.2) is 24.3 Å². The molecular formula is C19H26N2O2. The monoisotopic (exact) mass is 314 g/mol. The molecule has 1 saturated carbocycles. The lowest BCUT2D eigenvalue weighted by Crippen LogP contribution is -2.48. The summed E-state index contributed by atoms with van der Waals surface area (Å²) in [6, 6.07) is 7.80. The van der Waals surface area contributed by atoms with Gasteiger partial charge in [0.15, 0.2) is 0 Å². The zero-order valence-electron chi connectivity index (χ0n) is 13.9. The summed E-state index contributed by atoms with van der Waals surface area (Å²) in [7, 11) is 0. The van der Waals surface area contributed by atoms with Gasteiger partial charge in [-0.15, -0.1) is 0 Å². The van der Waals surface area contributed by atoms with E-state index in [1.807, 2.05) is 18.2 Å². The Morgan fingerprint density at radius 3 is 2.48 bits per heavy atom. The van der Waals surface area contributed by atoms with Crippen molar-refractivity contribution in [3.8, 4) is 0 Å². The van der Waals surface area contributed by atoms with Crippen LogP contribution in [-0.2, 0) is 16.0 Å². The first-order valence-electron chi connectivity index (χ1n) is 8.82. The lowest BCUT2D eigenvalue weighted by atomic mass is 9.91. The zero-order valence-corrected chi connectivity index (χ0v) is 13.9. The smallest absolute Gasteiger partial charge is 0.247 e. The summed E-state index contributed by atoms with van der Waals surface area (Å²) in [5, 5.41) is 3.22. The van der Waals surface area contributed by atoms with Gasteiger partial charge in [0.05, 0.1) is 0 Å². The highest BCUT2D eigenvalue weighted by molar-refractivity contribution is 5.89. The van der Waals surface area contributed by atoms with Crippen molar-refractivity contribution in [1.82, 2.24) is 10.2 Å². The normalized spacial score (nSPS) is 22.1. The van der Waals surface area contributed by atoms with Crippen LogP contribution in [0.4, 0.5) is 0 Å². The van der Waals surface area contributed by atoms with Crippen molar-refractivity contribution < 1.29 is 9.59 Å². The quantitative estimate of drug-likeness (QED) is 0.853. The van der Waals surface area contributed by atoms with Gasteiger partial charge in [0.25, 0.3) is 0 Å². The molecule has 0 aromatic heterocycles. The number of amides is 2. The van der Waals surface area contributed by atoms with Crippen molar-refractivity contribution in [2.45, 2.75) is 64.0 Å². The predicted molar refractivity (Wildman–Crippen MR) is 89.9 cm³/mol. The fraction of sp³-hybridized carbons (Fsp3) is 0.579. The third-order valence-electron chi connectivity index (χ3n) is 5.14. The highest BCUT2D eigenvalue weighted by atomic mass is 16.2. The number of fused-ring (bicyclic) bond motifs is 1. The second-order valence-corrected chi connectivity index (χ2v) is 6.76. The molecule has 2 aliphatic rings. The first kappa shape index (κ1) is 16.0. The van der Waals surface area contributed by atoms with Gasteiger partial charge in [0.2, 0.25) is 11.8 Å². The maximum absolute atomic E-state index is 13.0. The fourth-order valence-corrected chi connectivity index (χ4v) is 3.89. The van der Waals surface area contributed by atoms with Gasteiger partial charge in [-0.3, -0.25) is 9.59 Å². The standard InChI is InChI=1S/C19H26N2O2/c1-14(22)21-13-12-15-8-6-7-11-17(15)18(21)19(23)20-16-9-4-2-3-5-10-16/h6-8,11,16,18H,2-5,9-10,12-13H2,1H3,(H,20,23)/t18-/m0/s1. The molecule has 0 unspecified atom stereocenters. The highest BCUT2D eigenvalue weighted by Gasteiger charge is 2.35. The average molecular weight is 314 g/mol. The third kappa shape index (κ3) is 3.57. The van der Waals surface area contributed by atoms with Crippen LogP contribution < -0.4 is 5.32 Å². The highest BCUT2D eigenvalue weighted by Crippen LogP contribution is 2.30. The van der Waals surface area contributed by atoms with Crippen LogP contribution in [0, 0.1) is 0 Å². The fourth-order valence-electron chi connectivity index (χ4n) is 3.89. The molecule has 4 heteroatoms. The molecular weight excluding hydrogens is 288 g/mol. The first-order chi connectivity index (χ1) is 11.2.